The van der Waals surface area contributed by atoms with E-state index < -0.39 is 42.1 Å². The third-order valence-electron chi connectivity index (χ3n) is 5.34. The van der Waals surface area contributed by atoms with Gasteiger partial charge in [0.1, 0.15) is 17.5 Å². The number of Topliss-reactive ketones (excluding diaryl/α,β-unsaturated/α-hetero) is 1. The minimum absolute atomic E-state index is 0.0475. The average Bonchev–Trinajstić information content (AvgIpc) is 2.87. The Bertz CT molecular complexity index is 1050. The van der Waals surface area contributed by atoms with Gasteiger partial charge in [0, 0.05) is 11.3 Å². The minimum atomic E-state index is -1.20. The van der Waals surface area contributed by atoms with Crippen molar-refractivity contribution in [1.82, 2.24) is 10.6 Å². The molecule has 0 spiro atoms. The van der Waals surface area contributed by atoms with E-state index in [1.54, 1.807) is 25.1 Å². The van der Waals surface area contributed by atoms with Gasteiger partial charge in [-0.2, -0.15) is 0 Å². The smallest absolute Gasteiger partial charge is 0.305 e. The summed E-state index contributed by atoms with van der Waals surface area (Å²) in [4.78, 5) is 49.6. The number of carboxylic acids is 1. The standard InChI is InChI=1S/C26H32N2O7S/c1-4-20(27-24(30)13-18-12-19(34-2)10-11-23(18)35-3)26(33)28-21(14-25(31)32)22(29)16-36-15-17-8-6-5-7-9-17/h5-12,20-21H,4,13-16H2,1-3H3,(H,27,30)(H,28,33)(H,31,32). The molecule has 2 rings (SSSR count). The van der Waals surface area contributed by atoms with E-state index >= 15 is 0 Å². The highest BCUT2D eigenvalue weighted by atomic mass is 32.2. The lowest BCUT2D eigenvalue weighted by Gasteiger charge is -2.21. The second kappa shape index (κ2) is 14.8. The van der Waals surface area contributed by atoms with Crippen molar-refractivity contribution in [2.45, 2.75) is 44.0 Å². The molecule has 2 amide bonds. The molecule has 0 aliphatic carbocycles. The number of nitrogens with one attached hydrogen (secondary N) is 2. The first-order valence-corrected chi connectivity index (χ1v) is 12.6. The number of benzene rings is 2. The highest BCUT2D eigenvalue weighted by Crippen LogP contribution is 2.24. The molecule has 194 valence electrons. The molecular formula is C26H32N2O7S. The van der Waals surface area contributed by atoms with Crippen molar-refractivity contribution in [2.24, 2.45) is 0 Å². The van der Waals surface area contributed by atoms with Crippen molar-refractivity contribution in [3.05, 3.63) is 59.7 Å². The molecule has 36 heavy (non-hydrogen) atoms. The SMILES string of the molecule is CCC(NC(=O)Cc1cc(OC)ccc1OC)C(=O)NC(CC(=O)O)C(=O)CSCc1ccccc1. The van der Waals surface area contributed by atoms with Crippen LogP contribution in [0.15, 0.2) is 48.5 Å². The molecule has 2 unspecified atom stereocenters. The molecule has 0 aliphatic rings. The van der Waals surface area contributed by atoms with Crippen molar-refractivity contribution in [1.29, 1.82) is 0 Å². The number of rotatable bonds is 15. The summed E-state index contributed by atoms with van der Waals surface area (Å²) in [5.74, 6) is -0.947. The van der Waals surface area contributed by atoms with Gasteiger partial charge in [-0.15, -0.1) is 11.8 Å². The fourth-order valence-corrected chi connectivity index (χ4v) is 4.36. The van der Waals surface area contributed by atoms with Crippen LogP contribution >= 0.6 is 11.8 Å². The first kappa shape index (κ1) is 28.7. The first-order valence-electron chi connectivity index (χ1n) is 11.4. The Morgan fingerprint density at radius 2 is 1.69 bits per heavy atom. The van der Waals surface area contributed by atoms with Gasteiger partial charge in [-0.1, -0.05) is 37.3 Å². The number of carboxylic acid groups (broad SMARTS) is 1. The summed E-state index contributed by atoms with van der Waals surface area (Å²) in [6.45, 7) is 1.71. The van der Waals surface area contributed by atoms with Gasteiger partial charge >= 0.3 is 5.97 Å². The van der Waals surface area contributed by atoms with Crippen LogP contribution in [-0.2, 0) is 31.4 Å². The fourth-order valence-electron chi connectivity index (χ4n) is 3.43. The van der Waals surface area contributed by atoms with E-state index in [0.717, 1.165) is 5.56 Å². The second-order valence-electron chi connectivity index (χ2n) is 7.99. The van der Waals surface area contributed by atoms with E-state index in [1.807, 2.05) is 30.3 Å². The lowest BCUT2D eigenvalue weighted by molar-refractivity contribution is -0.140. The highest BCUT2D eigenvalue weighted by molar-refractivity contribution is 7.99. The Morgan fingerprint density at radius 1 is 0.972 bits per heavy atom. The van der Waals surface area contributed by atoms with E-state index in [9.17, 15) is 24.3 Å². The van der Waals surface area contributed by atoms with Crippen molar-refractivity contribution in [2.75, 3.05) is 20.0 Å². The Kier molecular flexibility index (Phi) is 11.8. The van der Waals surface area contributed by atoms with Gasteiger partial charge < -0.3 is 25.2 Å². The normalized spacial score (nSPS) is 12.2. The van der Waals surface area contributed by atoms with Crippen LogP contribution in [0.2, 0.25) is 0 Å². The number of thioether (sulfide) groups is 1. The maximum Gasteiger partial charge on any atom is 0.305 e. The van der Waals surface area contributed by atoms with Crippen LogP contribution in [0.25, 0.3) is 0 Å². The van der Waals surface area contributed by atoms with Gasteiger partial charge in [-0.3, -0.25) is 19.2 Å². The molecule has 0 fully saturated rings. The molecule has 0 aliphatic heterocycles. The molecule has 0 saturated carbocycles. The van der Waals surface area contributed by atoms with E-state index in [1.165, 1.54) is 26.0 Å². The molecule has 0 aromatic heterocycles. The summed E-state index contributed by atoms with van der Waals surface area (Å²) in [6, 6.07) is 12.5. The number of ether oxygens (including phenoxy) is 2. The van der Waals surface area contributed by atoms with Crippen molar-refractivity contribution in [3.8, 4) is 11.5 Å². The Morgan fingerprint density at radius 3 is 2.31 bits per heavy atom. The van der Waals surface area contributed by atoms with E-state index in [0.29, 0.717) is 22.8 Å². The second-order valence-corrected chi connectivity index (χ2v) is 8.97. The van der Waals surface area contributed by atoms with Crippen molar-refractivity contribution >= 4 is 35.3 Å². The van der Waals surface area contributed by atoms with Crippen molar-refractivity contribution in [3.63, 3.8) is 0 Å². The summed E-state index contributed by atoms with van der Waals surface area (Å²) >= 11 is 1.34. The molecule has 9 nitrogen and oxygen atoms in total. The third kappa shape index (κ3) is 9.26. The van der Waals surface area contributed by atoms with Gasteiger partial charge in [0.25, 0.3) is 0 Å². The molecular weight excluding hydrogens is 484 g/mol. The molecule has 0 bridgehead atoms. The van der Waals surface area contributed by atoms with E-state index in [4.69, 9.17) is 9.47 Å². The highest BCUT2D eigenvalue weighted by Gasteiger charge is 2.27. The molecule has 2 aromatic carbocycles. The van der Waals surface area contributed by atoms with Gasteiger partial charge in [0.2, 0.25) is 11.8 Å². The number of amides is 2. The lowest BCUT2D eigenvalue weighted by atomic mass is 10.1. The molecule has 0 radical (unpaired) electrons. The Hall–Kier alpha value is -3.53. The Labute approximate surface area is 214 Å². The van der Waals surface area contributed by atoms with E-state index in [-0.39, 0.29) is 18.6 Å². The number of aliphatic carboxylic acids is 1. The lowest BCUT2D eigenvalue weighted by Crippen LogP contribution is -2.52. The molecule has 0 saturated heterocycles. The van der Waals surface area contributed by atoms with Crippen LogP contribution < -0.4 is 20.1 Å². The maximum atomic E-state index is 12.9. The number of hydrogen-bond acceptors (Lipinski definition) is 7. The number of carbonyl (C=O) groups is 4. The number of hydrogen-bond donors (Lipinski definition) is 3. The summed E-state index contributed by atoms with van der Waals surface area (Å²) in [6.07, 6.45) is -0.344. The van der Waals surface area contributed by atoms with Gasteiger partial charge in [-0.05, 0) is 30.2 Å². The van der Waals surface area contributed by atoms with Crippen LogP contribution in [0, 0.1) is 0 Å². The number of carbonyl (C=O) groups excluding carboxylic acids is 3. The zero-order chi connectivity index (χ0) is 26.5. The molecule has 2 atom stereocenters. The van der Waals surface area contributed by atoms with Crippen molar-refractivity contribution < 1.29 is 33.8 Å². The number of ketones is 1. The van der Waals surface area contributed by atoms with Gasteiger partial charge in [-0.25, -0.2) is 0 Å². The molecule has 2 aromatic rings. The number of methoxy groups -OCH3 is 2. The van der Waals surface area contributed by atoms with Gasteiger partial charge in [0.15, 0.2) is 5.78 Å². The average molecular weight is 517 g/mol. The Balaban J connectivity index is 1.98. The van der Waals surface area contributed by atoms with Crippen LogP contribution in [-0.4, -0.2) is 60.7 Å². The van der Waals surface area contributed by atoms with Crippen LogP contribution in [0.3, 0.4) is 0 Å². The van der Waals surface area contributed by atoms with Crippen LogP contribution in [0.5, 0.6) is 11.5 Å². The predicted molar refractivity (Wildman–Crippen MR) is 137 cm³/mol. The largest absolute Gasteiger partial charge is 0.497 e. The van der Waals surface area contributed by atoms with E-state index in [2.05, 4.69) is 10.6 Å². The quantitative estimate of drug-likeness (QED) is 0.329. The maximum absolute atomic E-state index is 12.9. The molecule has 10 heteroatoms. The monoisotopic (exact) mass is 516 g/mol. The molecule has 0 heterocycles. The van der Waals surface area contributed by atoms with Gasteiger partial charge in [0.05, 0.1) is 38.9 Å². The molecule has 3 N–H and O–H groups in total. The van der Waals surface area contributed by atoms with Crippen LogP contribution in [0.4, 0.5) is 0 Å². The summed E-state index contributed by atoms with van der Waals surface area (Å²) < 4.78 is 10.5. The first-order chi connectivity index (χ1) is 17.3. The van der Waals surface area contributed by atoms with Crippen LogP contribution in [0.1, 0.15) is 30.9 Å². The zero-order valence-electron chi connectivity index (χ0n) is 20.6. The fraction of sp³-hybridized carbons (Fsp3) is 0.385. The summed E-state index contributed by atoms with van der Waals surface area (Å²) in [5.41, 5.74) is 1.62. The predicted octanol–water partition coefficient (Wildman–Crippen LogP) is 2.60. The summed E-state index contributed by atoms with van der Waals surface area (Å²) in [5, 5.41) is 14.4. The summed E-state index contributed by atoms with van der Waals surface area (Å²) in [7, 11) is 3.00. The topological polar surface area (TPSA) is 131 Å². The minimum Gasteiger partial charge on any atom is -0.497 e. The third-order valence-corrected chi connectivity index (χ3v) is 6.36. The zero-order valence-corrected chi connectivity index (χ0v) is 21.4.